The van der Waals surface area contributed by atoms with E-state index in [0.717, 1.165) is 70.6 Å². The minimum Gasteiger partial charge on any atom is -0.462 e. The third kappa shape index (κ3) is 53.3. The minimum absolute atomic E-state index is 0.115. The summed E-state index contributed by atoms with van der Waals surface area (Å²) < 4.78 is 16.8. The molecule has 0 aromatic heterocycles. The van der Waals surface area contributed by atoms with Gasteiger partial charge >= 0.3 is 17.9 Å². The van der Waals surface area contributed by atoms with Crippen molar-refractivity contribution >= 4 is 17.9 Å². The van der Waals surface area contributed by atoms with Crippen LogP contribution in [0.25, 0.3) is 0 Å². The van der Waals surface area contributed by atoms with E-state index < -0.39 is 6.10 Å². The topological polar surface area (TPSA) is 78.9 Å². The lowest BCUT2D eigenvalue weighted by atomic mass is 10.0. The van der Waals surface area contributed by atoms with Crippen molar-refractivity contribution in [2.24, 2.45) is 0 Å². The van der Waals surface area contributed by atoms with Gasteiger partial charge in [-0.1, -0.05) is 240 Å². The molecule has 0 aliphatic rings. The first kappa shape index (κ1) is 64.3. The number of allylic oxidation sites excluding steroid dienone is 16. The lowest BCUT2D eigenvalue weighted by molar-refractivity contribution is -0.167. The van der Waals surface area contributed by atoms with Gasteiger partial charge in [0.25, 0.3) is 0 Å². The molecule has 0 heterocycles. The summed E-state index contributed by atoms with van der Waals surface area (Å²) in [5, 5.41) is 0. The Morgan fingerprint density at radius 3 is 0.882 bits per heavy atom. The summed E-state index contributed by atoms with van der Waals surface area (Å²) in [5.74, 6) is -1.03. The third-order valence-electron chi connectivity index (χ3n) is 11.8. The van der Waals surface area contributed by atoms with Gasteiger partial charge in [-0.15, -0.1) is 0 Å². The van der Waals surface area contributed by atoms with Crippen LogP contribution in [0.3, 0.4) is 0 Å². The fourth-order valence-corrected chi connectivity index (χ4v) is 7.54. The summed E-state index contributed by atoms with van der Waals surface area (Å²) in [6.45, 7) is 6.50. The van der Waals surface area contributed by atoms with Gasteiger partial charge < -0.3 is 14.2 Å². The van der Waals surface area contributed by atoms with Crippen molar-refractivity contribution in [3.63, 3.8) is 0 Å². The number of rotatable bonds is 50. The van der Waals surface area contributed by atoms with E-state index in [-0.39, 0.29) is 44.0 Å². The number of carbonyl (C=O) groups excluding carboxylic acids is 3. The van der Waals surface area contributed by atoms with Crippen LogP contribution >= 0.6 is 0 Å². The molecular formula is C62H104O6. The fraction of sp³-hybridized carbons (Fsp3) is 0.694. The first-order valence-electron chi connectivity index (χ1n) is 28.2. The van der Waals surface area contributed by atoms with Crippen molar-refractivity contribution in [3.05, 3.63) is 97.2 Å². The molecule has 6 heteroatoms. The van der Waals surface area contributed by atoms with Crippen LogP contribution in [0.1, 0.15) is 258 Å². The Labute approximate surface area is 419 Å². The number of unbranched alkanes of at least 4 members (excludes halogenated alkanes) is 23. The van der Waals surface area contributed by atoms with E-state index in [0.29, 0.717) is 19.3 Å². The monoisotopic (exact) mass is 945 g/mol. The average Bonchev–Trinajstić information content (AvgIpc) is 3.34. The van der Waals surface area contributed by atoms with Gasteiger partial charge in [-0.3, -0.25) is 14.4 Å². The Hall–Kier alpha value is -3.67. The first-order chi connectivity index (χ1) is 33.5. The van der Waals surface area contributed by atoms with Gasteiger partial charge in [-0.2, -0.15) is 0 Å². The molecule has 0 spiro atoms. The summed E-state index contributed by atoms with van der Waals surface area (Å²) in [6, 6.07) is 0. The molecule has 68 heavy (non-hydrogen) atoms. The molecule has 0 aromatic rings. The highest BCUT2D eigenvalue weighted by atomic mass is 16.6. The van der Waals surface area contributed by atoms with Gasteiger partial charge in [0.15, 0.2) is 6.10 Å². The number of hydrogen-bond acceptors (Lipinski definition) is 6. The minimum atomic E-state index is -0.828. The summed E-state index contributed by atoms with van der Waals surface area (Å²) in [4.78, 5) is 38.1. The Kier molecular flexibility index (Phi) is 52.9. The molecule has 0 unspecified atom stereocenters. The molecule has 0 amide bonds. The standard InChI is InChI=1S/C62H104O6/c1-4-7-10-13-16-19-22-25-28-31-34-37-40-43-46-49-52-55-61(64)67-58-59(57-66-60(63)54-51-48-45-42-39-36-33-30-27-24-21-18-15-12-9-6-3)68-62(65)56-53-50-47-44-41-38-35-32-29-26-23-20-17-14-11-8-5-2/h16-17,19-20,25-26,28-29,34-35,37-38,43-44,46-47,59H,4-15,18,21-24,27,30-33,36,39-42,45,48-58H2,1-3H3/b19-16+,20-17+,28-25+,29-26+,37-34+,38-35+,46-43+,47-44+/t59-/m1/s1. The maximum atomic E-state index is 12.8. The quantitative estimate of drug-likeness (QED) is 0.0262. The Balaban J connectivity index is 4.55. The third-order valence-corrected chi connectivity index (χ3v) is 11.8. The number of hydrogen-bond donors (Lipinski definition) is 0. The van der Waals surface area contributed by atoms with Crippen LogP contribution in [0.5, 0.6) is 0 Å². The van der Waals surface area contributed by atoms with Crippen LogP contribution in [0, 0.1) is 0 Å². The number of esters is 3. The highest BCUT2D eigenvalue weighted by Crippen LogP contribution is 2.15. The highest BCUT2D eigenvalue weighted by Gasteiger charge is 2.19. The van der Waals surface area contributed by atoms with Gasteiger partial charge in [0.2, 0.25) is 0 Å². The Morgan fingerprint density at radius 1 is 0.294 bits per heavy atom. The molecule has 0 saturated carbocycles. The van der Waals surface area contributed by atoms with Crippen molar-refractivity contribution in [2.75, 3.05) is 13.2 Å². The Bertz CT molecular complexity index is 1360. The van der Waals surface area contributed by atoms with Crippen LogP contribution < -0.4 is 0 Å². The molecule has 0 bridgehead atoms. The van der Waals surface area contributed by atoms with E-state index in [2.05, 4.69) is 118 Å². The second-order valence-corrected chi connectivity index (χ2v) is 18.5. The molecular weight excluding hydrogens is 841 g/mol. The molecule has 6 nitrogen and oxygen atoms in total. The zero-order valence-electron chi connectivity index (χ0n) is 44.3. The van der Waals surface area contributed by atoms with Crippen LogP contribution in [0.2, 0.25) is 0 Å². The molecule has 0 aromatic carbocycles. The van der Waals surface area contributed by atoms with Crippen LogP contribution in [0.4, 0.5) is 0 Å². The smallest absolute Gasteiger partial charge is 0.306 e. The summed E-state index contributed by atoms with van der Waals surface area (Å²) >= 11 is 0. The molecule has 0 aliphatic heterocycles. The molecule has 388 valence electrons. The van der Waals surface area contributed by atoms with Gasteiger partial charge in [-0.25, -0.2) is 0 Å². The van der Waals surface area contributed by atoms with Crippen molar-refractivity contribution in [1.82, 2.24) is 0 Å². The lowest BCUT2D eigenvalue weighted by Gasteiger charge is -2.18. The normalized spacial score (nSPS) is 12.8. The van der Waals surface area contributed by atoms with Crippen molar-refractivity contribution in [3.8, 4) is 0 Å². The van der Waals surface area contributed by atoms with Crippen molar-refractivity contribution in [1.29, 1.82) is 0 Å². The van der Waals surface area contributed by atoms with E-state index in [1.54, 1.807) is 0 Å². The van der Waals surface area contributed by atoms with Crippen molar-refractivity contribution in [2.45, 2.75) is 264 Å². The van der Waals surface area contributed by atoms with Crippen LogP contribution in [-0.4, -0.2) is 37.2 Å². The SMILES string of the molecule is CCCCC/C=C/C/C=C/C/C=C/C/C=C/CCCC(=O)OC[C@@H](COC(=O)CCCCCCCCCCCCCCCCCC)OC(=O)CCC/C=C/C/C=C/C/C=C/C/C=C/CCCCC. The van der Waals surface area contributed by atoms with E-state index in [4.69, 9.17) is 14.2 Å². The zero-order valence-corrected chi connectivity index (χ0v) is 44.3. The molecule has 0 rings (SSSR count). The molecule has 0 saturated heterocycles. The predicted octanol–water partition coefficient (Wildman–Crippen LogP) is 18.9. The first-order valence-corrected chi connectivity index (χ1v) is 28.2. The van der Waals surface area contributed by atoms with Crippen molar-refractivity contribution < 1.29 is 28.6 Å². The second kappa shape index (κ2) is 55.9. The largest absolute Gasteiger partial charge is 0.462 e. The van der Waals surface area contributed by atoms with E-state index in [9.17, 15) is 14.4 Å². The van der Waals surface area contributed by atoms with Crippen LogP contribution in [0.15, 0.2) is 97.2 Å². The second-order valence-electron chi connectivity index (χ2n) is 18.5. The van der Waals surface area contributed by atoms with Gasteiger partial charge in [0.1, 0.15) is 13.2 Å². The lowest BCUT2D eigenvalue weighted by Crippen LogP contribution is -2.30. The predicted molar refractivity (Wildman–Crippen MR) is 293 cm³/mol. The molecule has 1 atom stereocenters. The fourth-order valence-electron chi connectivity index (χ4n) is 7.54. The van der Waals surface area contributed by atoms with Crippen LogP contribution in [-0.2, 0) is 28.6 Å². The molecule has 0 aliphatic carbocycles. The molecule has 0 fully saturated rings. The number of carbonyl (C=O) groups is 3. The zero-order chi connectivity index (χ0) is 49.3. The molecule has 0 radical (unpaired) electrons. The number of ether oxygens (including phenoxy) is 3. The summed E-state index contributed by atoms with van der Waals surface area (Å²) in [6.07, 6.45) is 74.0. The maximum Gasteiger partial charge on any atom is 0.306 e. The summed E-state index contributed by atoms with van der Waals surface area (Å²) in [7, 11) is 0. The van der Waals surface area contributed by atoms with Gasteiger partial charge in [0.05, 0.1) is 0 Å². The average molecular weight is 946 g/mol. The van der Waals surface area contributed by atoms with E-state index in [1.807, 2.05) is 0 Å². The van der Waals surface area contributed by atoms with E-state index >= 15 is 0 Å². The maximum absolute atomic E-state index is 12.8. The van der Waals surface area contributed by atoms with Gasteiger partial charge in [-0.05, 0) is 96.3 Å². The van der Waals surface area contributed by atoms with E-state index in [1.165, 1.54) is 135 Å². The highest BCUT2D eigenvalue weighted by molar-refractivity contribution is 5.71. The van der Waals surface area contributed by atoms with Gasteiger partial charge in [0, 0.05) is 19.3 Å². The summed E-state index contributed by atoms with van der Waals surface area (Å²) in [5.41, 5.74) is 0. The molecule has 0 N–H and O–H groups in total. The Morgan fingerprint density at radius 2 is 0.544 bits per heavy atom.